The molecule has 0 bridgehead atoms. The predicted molar refractivity (Wildman–Crippen MR) is 110 cm³/mol. The summed E-state index contributed by atoms with van der Waals surface area (Å²) in [6, 6.07) is 4.65. The zero-order valence-corrected chi connectivity index (χ0v) is 16.8. The van der Waals surface area contributed by atoms with Gasteiger partial charge < -0.3 is 11.5 Å². The number of aryl methyl sites for hydroxylation is 4. The Morgan fingerprint density at radius 3 is 1.20 bits per heavy atom. The molecule has 0 aliphatic carbocycles. The SMILES string of the molecule is Cc1cc(C)c(Cc2c(C)cc(C)c(CCN)c2C)c(C)c1CCN. The second-order valence-electron chi connectivity index (χ2n) is 7.44. The Balaban J connectivity index is 2.57. The Kier molecular flexibility index (Phi) is 6.42. The van der Waals surface area contributed by atoms with Crippen LogP contribution in [0.25, 0.3) is 0 Å². The van der Waals surface area contributed by atoms with E-state index in [1.165, 1.54) is 55.6 Å². The molecule has 2 heteroatoms. The zero-order valence-electron chi connectivity index (χ0n) is 16.8. The van der Waals surface area contributed by atoms with Gasteiger partial charge in [-0.15, -0.1) is 0 Å². The minimum absolute atomic E-state index is 0.702. The normalized spacial score (nSPS) is 11.2. The molecule has 0 fully saturated rings. The van der Waals surface area contributed by atoms with Gasteiger partial charge in [0.2, 0.25) is 0 Å². The van der Waals surface area contributed by atoms with E-state index in [1.54, 1.807) is 0 Å². The Labute approximate surface area is 153 Å². The first-order valence-electron chi connectivity index (χ1n) is 9.39. The fraction of sp³-hybridized carbons (Fsp3) is 0.478. The van der Waals surface area contributed by atoms with Crippen molar-refractivity contribution in [3.63, 3.8) is 0 Å². The summed E-state index contributed by atoms with van der Waals surface area (Å²) in [4.78, 5) is 0. The highest BCUT2D eigenvalue weighted by Gasteiger charge is 2.15. The van der Waals surface area contributed by atoms with Gasteiger partial charge in [-0.25, -0.2) is 0 Å². The molecule has 0 unspecified atom stereocenters. The smallest absolute Gasteiger partial charge is 0.00151 e. The molecule has 25 heavy (non-hydrogen) atoms. The highest BCUT2D eigenvalue weighted by atomic mass is 14.5. The summed E-state index contributed by atoms with van der Waals surface area (Å²) in [6.07, 6.45) is 2.90. The van der Waals surface area contributed by atoms with Crippen molar-refractivity contribution in [2.24, 2.45) is 11.5 Å². The van der Waals surface area contributed by atoms with Gasteiger partial charge in [0.1, 0.15) is 0 Å². The molecule has 0 radical (unpaired) electrons. The number of benzene rings is 2. The van der Waals surface area contributed by atoms with Crippen molar-refractivity contribution in [1.29, 1.82) is 0 Å². The minimum Gasteiger partial charge on any atom is -0.330 e. The summed E-state index contributed by atoms with van der Waals surface area (Å²) in [5, 5.41) is 0. The Bertz CT molecular complexity index is 707. The van der Waals surface area contributed by atoms with E-state index in [1.807, 2.05) is 0 Å². The third-order valence-electron chi connectivity index (χ3n) is 5.72. The maximum absolute atomic E-state index is 5.85. The van der Waals surface area contributed by atoms with E-state index in [0.29, 0.717) is 13.1 Å². The lowest BCUT2D eigenvalue weighted by molar-refractivity contribution is 0.920. The molecule has 0 saturated heterocycles. The van der Waals surface area contributed by atoms with Crippen LogP contribution in [0.4, 0.5) is 0 Å². The van der Waals surface area contributed by atoms with Gasteiger partial charge in [0.05, 0.1) is 0 Å². The van der Waals surface area contributed by atoms with Crippen LogP contribution in [-0.4, -0.2) is 13.1 Å². The van der Waals surface area contributed by atoms with Crippen LogP contribution in [-0.2, 0) is 19.3 Å². The second kappa shape index (κ2) is 8.16. The van der Waals surface area contributed by atoms with Crippen molar-refractivity contribution in [3.8, 4) is 0 Å². The summed E-state index contributed by atoms with van der Waals surface area (Å²) in [7, 11) is 0. The van der Waals surface area contributed by atoms with Crippen LogP contribution in [0.15, 0.2) is 12.1 Å². The maximum atomic E-state index is 5.85. The van der Waals surface area contributed by atoms with Crippen LogP contribution < -0.4 is 11.5 Å². The molecule has 0 atom stereocenters. The molecule has 0 aromatic heterocycles. The van der Waals surface area contributed by atoms with Gasteiger partial charge in [-0.05, 0) is 130 Å². The highest BCUT2D eigenvalue weighted by molar-refractivity contribution is 5.51. The van der Waals surface area contributed by atoms with E-state index in [-0.39, 0.29) is 0 Å². The molecule has 0 saturated carbocycles. The fourth-order valence-corrected chi connectivity index (χ4v) is 4.32. The van der Waals surface area contributed by atoms with E-state index in [2.05, 4.69) is 53.7 Å². The lowest BCUT2D eigenvalue weighted by atomic mass is 9.84. The Morgan fingerprint density at radius 1 is 0.560 bits per heavy atom. The topological polar surface area (TPSA) is 52.0 Å². The van der Waals surface area contributed by atoms with E-state index in [9.17, 15) is 0 Å². The van der Waals surface area contributed by atoms with Gasteiger partial charge in [0, 0.05) is 0 Å². The van der Waals surface area contributed by atoms with Crippen molar-refractivity contribution < 1.29 is 0 Å². The lowest BCUT2D eigenvalue weighted by Crippen LogP contribution is -2.11. The van der Waals surface area contributed by atoms with Gasteiger partial charge in [0.15, 0.2) is 0 Å². The largest absolute Gasteiger partial charge is 0.330 e. The first-order valence-corrected chi connectivity index (χ1v) is 9.39. The van der Waals surface area contributed by atoms with Crippen LogP contribution in [0.5, 0.6) is 0 Å². The van der Waals surface area contributed by atoms with E-state index < -0.39 is 0 Å². The van der Waals surface area contributed by atoms with Crippen LogP contribution in [0.2, 0.25) is 0 Å². The Hall–Kier alpha value is -1.64. The van der Waals surface area contributed by atoms with Gasteiger partial charge in [-0.2, -0.15) is 0 Å². The molecular weight excluding hydrogens is 304 g/mol. The standard InChI is InChI=1S/C23H34N2/c1-14-11-16(3)22(18(5)20(14)7-9-24)13-23-17(4)12-15(2)21(8-10-25)19(23)6/h11-12H,7-10,13,24-25H2,1-6H3. The summed E-state index contributed by atoms with van der Waals surface area (Å²) >= 11 is 0. The molecule has 2 rings (SSSR count). The zero-order chi connectivity index (χ0) is 18.7. The number of nitrogens with two attached hydrogens (primary N) is 2. The predicted octanol–water partition coefficient (Wildman–Crippen LogP) is 4.13. The molecule has 0 aliphatic rings. The highest BCUT2D eigenvalue weighted by Crippen LogP contribution is 2.29. The van der Waals surface area contributed by atoms with E-state index in [4.69, 9.17) is 11.5 Å². The van der Waals surface area contributed by atoms with Crippen molar-refractivity contribution in [2.75, 3.05) is 13.1 Å². The average molecular weight is 339 g/mol. The quantitative estimate of drug-likeness (QED) is 0.832. The average Bonchev–Trinajstić information content (AvgIpc) is 2.54. The molecule has 2 aromatic carbocycles. The first-order chi connectivity index (χ1) is 11.8. The molecule has 4 N–H and O–H groups in total. The minimum atomic E-state index is 0.702. The summed E-state index contributed by atoms with van der Waals surface area (Å²) in [5.41, 5.74) is 25.8. The van der Waals surface area contributed by atoms with Crippen LogP contribution in [0.1, 0.15) is 55.6 Å². The van der Waals surface area contributed by atoms with Gasteiger partial charge in [0.25, 0.3) is 0 Å². The summed E-state index contributed by atoms with van der Waals surface area (Å²) in [6.45, 7) is 14.8. The van der Waals surface area contributed by atoms with Crippen molar-refractivity contribution in [2.45, 2.75) is 60.8 Å². The second-order valence-corrected chi connectivity index (χ2v) is 7.44. The molecule has 136 valence electrons. The van der Waals surface area contributed by atoms with Crippen LogP contribution in [0.3, 0.4) is 0 Å². The van der Waals surface area contributed by atoms with E-state index >= 15 is 0 Å². The summed E-state index contributed by atoms with van der Waals surface area (Å²) in [5.74, 6) is 0. The monoisotopic (exact) mass is 338 g/mol. The fourth-order valence-electron chi connectivity index (χ4n) is 4.32. The lowest BCUT2D eigenvalue weighted by Gasteiger charge is -2.21. The number of hydrogen-bond acceptors (Lipinski definition) is 2. The maximum Gasteiger partial charge on any atom is -0.00151 e. The summed E-state index contributed by atoms with van der Waals surface area (Å²) < 4.78 is 0. The van der Waals surface area contributed by atoms with Gasteiger partial charge in [-0.1, -0.05) is 12.1 Å². The Morgan fingerprint density at radius 2 is 0.880 bits per heavy atom. The number of rotatable bonds is 6. The van der Waals surface area contributed by atoms with Gasteiger partial charge in [-0.3, -0.25) is 0 Å². The van der Waals surface area contributed by atoms with E-state index in [0.717, 1.165) is 19.3 Å². The molecule has 0 amide bonds. The first kappa shape index (κ1) is 19.7. The van der Waals surface area contributed by atoms with Crippen molar-refractivity contribution in [1.82, 2.24) is 0 Å². The third kappa shape index (κ3) is 3.96. The molecule has 0 heterocycles. The molecule has 0 aliphatic heterocycles. The molecule has 0 spiro atoms. The molecular formula is C23H34N2. The van der Waals surface area contributed by atoms with Gasteiger partial charge >= 0.3 is 0 Å². The van der Waals surface area contributed by atoms with Crippen molar-refractivity contribution >= 4 is 0 Å². The molecule has 2 aromatic rings. The van der Waals surface area contributed by atoms with Crippen LogP contribution >= 0.6 is 0 Å². The van der Waals surface area contributed by atoms with Crippen LogP contribution in [0, 0.1) is 41.5 Å². The molecule has 2 nitrogen and oxygen atoms in total. The third-order valence-corrected chi connectivity index (χ3v) is 5.72. The van der Waals surface area contributed by atoms with Crippen molar-refractivity contribution in [3.05, 3.63) is 67.8 Å². The number of hydrogen-bond donors (Lipinski definition) is 2.